The van der Waals surface area contributed by atoms with Gasteiger partial charge in [0.15, 0.2) is 5.96 Å². The molecule has 0 fully saturated rings. The van der Waals surface area contributed by atoms with Crippen LogP contribution in [0.25, 0.3) is 0 Å². The van der Waals surface area contributed by atoms with E-state index in [1.165, 1.54) is 0 Å². The Labute approximate surface area is 170 Å². The van der Waals surface area contributed by atoms with E-state index in [0.717, 1.165) is 6.42 Å². The van der Waals surface area contributed by atoms with Crippen molar-refractivity contribution >= 4 is 18.0 Å². The molecule has 0 aromatic rings. The average Bonchev–Trinajstić information content (AvgIpc) is 2.48. The predicted octanol–water partition coefficient (Wildman–Crippen LogP) is 2.35. The number of rotatable bonds is 7. The Balaban J connectivity index is 4.63. The zero-order valence-corrected chi connectivity index (χ0v) is 19.4. The normalized spacial score (nSPS) is 13.8. The largest absolute Gasteiger partial charge is 0.444 e. The molecule has 0 aromatic carbocycles. The van der Waals surface area contributed by atoms with Crippen LogP contribution in [0.2, 0.25) is 0 Å². The SMILES string of the molecule is CN=C(NCC(=O)NC(C)(C)C)N(C)CCC(NC(=O)OC(C)(C)C)C(C)C. The second-order valence-corrected chi connectivity index (χ2v) is 9.41. The van der Waals surface area contributed by atoms with Gasteiger partial charge < -0.3 is 25.6 Å². The fourth-order valence-corrected chi connectivity index (χ4v) is 2.48. The minimum absolute atomic E-state index is 0.0282. The lowest BCUT2D eigenvalue weighted by atomic mass is 10.0. The van der Waals surface area contributed by atoms with Crippen LogP contribution in [0.1, 0.15) is 61.8 Å². The van der Waals surface area contributed by atoms with Gasteiger partial charge in [0, 0.05) is 32.2 Å². The fraction of sp³-hybridized carbons (Fsp3) is 0.850. The molecule has 8 nitrogen and oxygen atoms in total. The van der Waals surface area contributed by atoms with Gasteiger partial charge in [-0.2, -0.15) is 0 Å². The lowest BCUT2D eigenvalue weighted by molar-refractivity contribution is -0.121. The highest BCUT2D eigenvalue weighted by atomic mass is 16.6. The summed E-state index contributed by atoms with van der Waals surface area (Å²) in [7, 11) is 3.58. The Morgan fingerprint density at radius 1 is 1.11 bits per heavy atom. The van der Waals surface area contributed by atoms with Crippen molar-refractivity contribution in [1.29, 1.82) is 0 Å². The van der Waals surface area contributed by atoms with Crippen LogP contribution in [0.15, 0.2) is 4.99 Å². The molecule has 0 aromatic heterocycles. The minimum Gasteiger partial charge on any atom is -0.444 e. The zero-order chi connectivity index (χ0) is 22.1. The topological polar surface area (TPSA) is 95.1 Å². The summed E-state index contributed by atoms with van der Waals surface area (Å²) in [5.41, 5.74) is -0.798. The summed E-state index contributed by atoms with van der Waals surface area (Å²) in [5.74, 6) is 0.797. The first kappa shape index (κ1) is 26.0. The van der Waals surface area contributed by atoms with E-state index in [0.29, 0.717) is 12.5 Å². The molecule has 8 heteroatoms. The van der Waals surface area contributed by atoms with Gasteiger partial charge in [-0.25, -0.2) is 4.79 Å². The molecule has 0 spiro atoms. The summed E-state index contributed by atoms with van der Waals surface area (Å²) in [6.07, 6.45) is 0.317. The van der Waals surface area contributed by atoms with Crippen molar-refractivity contribution in [3.8, 4) is 0 Å². The van der Waals surface area contributed by atoms with Gasteiger partial charge in [0.25, 0.3) is 0 Å². The number of carbonyl (C=O) groups is 2. The van der Waals surface area contributed by atoms with Crippen molar-refractivity contribution in [3.63, 3.8) is 0 Å². The Hall–Kier alpha value is -1.99. The first-order valence-electron chi connectivity index (χ1n) is 9.87. The number of ether oxygens (including phenoxy) is 1. The van der Waals surface area contributed by atoms with E-state index in [4.69, 9.17) is 4.74 Å². The highest BCUT2D eigenvalue weighted by molar-refractivity contribution is 5.86. The molecule has 0 bridgehead atoms. The standard InChI is InChI=1S/C20H41N5O3/c1-14(2)15(23-18(27)28-20(6,7)8)11-12-25(10)17(21-9)22-13-16(26)24-19(3,4)5/h14-15H,11-13H2,1-10H3,(H,21,22)(H,23,27)(H,24,26). The van der Waals surface area contributed by atoms with Crippen molar-refractivity contribution in [2.45, 2.75) is 79.0 Å². The van der Waals surface area contributed by atoms with Gasteiger partial charge in [-0.05, 0) is 53.9 Å². The number of alkyl carbamates (subject to hydrolysis) is 1. The summed E-state index contributed by atoms with van der Waals surface area (Å²) in [5, 5.41) is 8.92. The summed E-state index contributed by atoms with van der Waals surface area (Å²) in [4.78, 5) is 30.2. The van der Waals surface area contributed by atoms with Crippen LogP contribution >= 0.6 is 0 Å². The number of amides is 2. The van der Waals surface area contributed by atoms with E-state index >= 15 is 0 Å². The maximum Gasteiger partial charge on any atom is 0.407 e. The highest BCUT2D eigenvalue weighted by Gasteiger charge is 2.22. The second-order valence-electron chi connectivity index (χ2n) is 9.41. The van der Waals surface area contributed by atoms with Crippen LogP contribution in [-0.4, -0.2) is 67.2 Å². The zero-order valence-electron chi connectivity index (χ0n) is 19.4. The van der Waals surface area contributed by atoms with Gasteiger partial charge in [-0.3, -0.25) is 9.79 Å². The van der Waals surface area contributed by atoms with Crippen molar-refractivity contribution in [2.24, 2.45) is 10.9 Å². The first-order chi connectivity index (χ1) is 12.6. The molecule has 0 saturated heterocycles. The molecule has 164 valence electrons. The molecule has 0 heterocycles. The highest BCUT2D eigenvalue weighted by Crippen LogP contribution is 2.11. The van der Waals surface area contributed by atoms with Crippen molar-refractivity contribution in [1.82, 2.24) is 20.9 Å². The molecule has 1 atom stereocenters. The van der Waals surface area contributed by atoms with Gasteiger partial charge >= 0.3 is 6.09 Å². The fourth-order valence-electron chi connectivity index (χ4n) is 2.48. The van der Waals surface area contributed by atoms with E-state index in [1.54, 1.807) is 7.05 Å². The third-order valence-electron chi connectivity index (χ3n) is 3.78. The first-order valence-corrected chi connectivity index (χ1v) is 9.87. The van der Waals surface area contributed by atoms with Crippen LogP contribution in [0.5, 0.6) is 0 Å². The molecule has 2 amide bonds. The predicted molar refractivity (Wildman–Crippen MR) is 115 cm³/mol. The Morgan fingerprint density at radius 2 is 1.68 bits per heavy atom. The number of nitrogens with zero attached hydrogens (tertiary/aromatic N) is 2. The van der Waals surface area contributed by atoms with E-state index in [-0.39, 0.29) is 30.0 Å². The number of hydrogen-bond acceptors (Lipinski definition) is 4. The van der Waals surface area contributed by atoms with Crippen LogP contribution < -0.4 is 16.0 Å². The maximum absolute atomic E-state index is 12.1. The van der Waals surface area contributed by atoms with Gasteiger partial charge in [0.2, 0.25) is 5.91 Å². The summed E-state index contributed by atoms with van der Waals surface area (Å²) in [6, 6.07) is -0.0282. The van der Waals surface area contributed by atoms with Crippen LogP contribution in [0.4, 0.5) is 4.79 Å². The number of carbonyl (C=O) groups excluding carboxylic acids is 2. The summed E-state index contributed by atoms with van der Waals surface area (Å²) >= 11 is 0. The lowest BCUT2D eigenvalue weighted by Crippen LogP contribution is -2.49. The van der Waals surface area contributed by atoms with Crippen molar-refractivity contribution in [3.05, 3.63) is 0 Å². The molecule has 0 rings (SSSR count). The minimum atomic E-state index is -0.526. The summed E-state index contributed by atoms with van der Waals surface area (Å²) < 4.78 is 5.35. The molecule has 0 saturated carbocycles. The van der Waals surface area contributed by atoms with Crippen molar-refractivity contribution in [2.75, 3.05) is 27.2 Å². The second kappa shape index (κ2) is 11.1. The van der Waals surface area contributed by atoms with Crippen LogP contribution in [0, 0.1) is 5.92 Å². The van der Waals surface area contributed by atoms with Gasteiger partial charge in [0.05, 0.1) is 6.54 Å². The Morgan fingerprint density at radius 3 is 2.11 bits per heavy atom. The number of aliphatic imine (C=N–C) groups is 1. The van der Waals surface area contributed by atoms with Crippen molar-refractivity contribution < 1.29 is 14.3 Å². The Bertz CT molecular complexity index is 533. The Kier molecular flexibility index (Phi) is 10.3. The van der Waals surface area contributed by atoms with Crippen LogP contribution in [-0.2, 0) is 9.53 Å². The van der Waals surface area contributed by atoms with Gasteiger partial charge in [-0.1, -0.05) is 13.8 Å². The molecule has 1 unspecified atom stereocenters. The average molecular weight is 400 g/mol. The molecule has 0 aliphatic heterocycles. The smallest absolute Gasteiger partial charge is 0.407 e. The molecule has 0 aliphatic rings. The third-order valence-corrected chi connectivity index (χ3v) is 3.78. The number of guanidine groups is 1. The van der Waals surface area contributed by atoms with E-state index in [2.05, 4.69) is 34.8 Å². The third kappa shape index (κ3) is 12.4. The molecular formula is C20H41N5O3. The monoisotopic (exact) mass is 399 g/mol. The molecule has 0 radical (unpaired) electrons. The van der Waals surface area contributed by atoms with E-state index in [9.17, 15) is 9.59 Å². The van der Waals surface area contributed by atoms with Crippen LogP contribution in [0.3, 0.4) is 0 Å². The summed E-state index contributed by atoms with van der Waals surface area (Å²) in [6.45, 7) is 16.3. The van der Waals surface area contributed by atoms with Gasteiger partial charge in [0.1, 0.15) is 5.60 Å². The number of nitrogens with one attached hydrogen (secondary N) is 3. The molecular weight excluding hydrogens is 358 g/mol. The molecule has 0 aliphatic carbocycles. The van der Waals surface area contributed by atoms with E-state index < -0.39 is 11.7 Å². The molecule has 3 N–H and O–H groups in total. The lowest BCUT2D eigenvalue weighted by Gasteiger charge is -2.28. The number of hydrogen-bond donors (Lipinski definition) is 3. The molecule has 28 heavy (non-hydrogen) atoms. The van der Waals surface area contributed by atoms with E-state index in [1.807, 2.05) is 53.5 Å². The maximum atomic E-state index is 12.1. The van der Waals surface area contributed by atoms with Gasteiger partial charge in [-0.15, -0.1) is 0 Å². The quantitative estimate of drug-likeness (QED) is 0.451.